The van der Waals surface area contributed by atoms with Gasteiger partial charge >= 0.3 is 0 Å². The second-order valence-electron chi connectivity index (χ2n) is 12.2. The molecule has 0 aliphatic carbocycles. The molecule has 0 N–H and O–H groups in total. The topological polar surface area (TPSA) is 66.0 Å². The summed E-state index contributed by atoms with van der Waals surface area (Å²) in [5, 5.41) is 20.3. The third-order valence-electron chi connectivity index (χ3n) is 5.73. The zero-order chi connectivity index (χ0) is 26.1. The summed E-state index contributed by atoms with van der Waals surface area (Å²) in [5.41, 5.74) is 3.16. The van der Waals surface area contributed by atoms with Crippen LogP contribution in [0.25, 0.3) is 0 Å². The molecule has 188 valence electrons. The van der Waals surface area contributed by atoms with Gasteiger partial charge in [0.05, 0.1) is 23.3 Å². The molecular formula is C28H46N2O2Si2. The Kier molecular flexibility index (Phi) is 12.2. The molecule has 1 aromatic rings. The summed E-state index contributed by atoms with van der Waals surface area (Å²) in [5.74, 6) is 0. The van der Waals surface area contributed by atoms with Gasteiger partial charge in [-0.05, 0) is 73.8 Å². The highest BCUT2D eigenvalue weighted by atomic mass is 28.3. The Hall–Kier alpha value is -1.45. The van der Waals surface area contributed by atoms with Crippen molar-refractivity contribution in [1.82, 2.24) is 0 Å². The lowest BCUT2D eigenvalue weighted by molar-refractivity contribution is 0.182. The van der Waals surface area contributed by atoms with Gasteiger partial charge in [-0.1, -0.05) is 66.5 Å². The first-order valence-corrected chi connectivity index (χ1v) is 17.4. The lowest BCUT2D eigenvalue weighted by Gasteiger charge is -2.27. The quantitative estimate of drug-likeness (QED) is 0.271. The van der Waals surface area contributed by atoms with E-state index in [9.17, 15) is 10.5 Å². The molecule has 2 unspecified atom stereocenters. The van der Waals surface area contributed by atoms with Gasteiger partial charge in [-0.15, -0.1) is 0 Å². The van der Waals surface area contributed by atoms with Crippen molar-refractivity contribution < 1.29 is 8.85 Å². The van der Waals surface area contributed by atoms with E-state index in [4.69, 9.17) is 8.85 Å². The molecule has 6 heteroatoms. The Morgan fingerprint density at radius 1 is 0.706 bits per heavy atom. The van der Waals surface area contributed by atoms with Gasteiger partial charge in [0.25, 0.3) is 0 Å². The number of benzene rings is 1. The maximum atomic E-state index is 10.2. The van der Waals surface area contributed by atoms with E-state index in [0.717, 1.165) is 49.7 Å². The molecule has 0 fully saturated rings. The van der Waals surface area contributed by atoms with E-state index in [-0.39, 0.29) is 23.0 Å². The fraction of sp³-hybridized carbons (Fsp3) is 0.714. The Morgan fingerprint density at radius 2 is 1.03 bits per heavy atom. The molecule has 0 aliphatic heterocycles. The molecule has 2 radical (unpaired) electrons. The SMILES string of the molecule is C[Si](C)OC(CCCC(C)(C)C)c1ccc(C(CCCC(C)(C)C)O[Si](C)C)c(C#N)c1C#N. The van der Waals surface area contributed by atoms with Crippen molar-refractivity contribution in [2.24, 2.45) is 10.8 Å². The Morgan fingerprint density at radius 3 is 1.26 bits per heavy atom. The number of nitrogens with zero attached hydrogens (tertiary/aromatic N) is 2. The van der Waals surface area contributed by atoms with Gasteiger partial charge in [-0.3, -0.25) is 0 Å². The lowest BCUT2D eigenvalue weighted by atomic mass is 9.85. The van der Waals surface area contributed by atoms with Crippen LogP contribution in [0.4, 0.5) is 0 Å². The molecule has 0 heterocycles. The molecule has 0 amide bonds. The summed E-state index contributed by atoms with van der Waals surface area (Å²) >= 11 is 0. The largest absolute Gasteiger partial charge is 0.410 e. The molecule has 0 saturated carbocycles. The van der Waals surface area contributed by atoms with Crippen LogP contribution in [0.3, 0.4) is 0 Å². The summed E-state index contributed by atoms with van der Waals surface area (Å²) in [7, 11) is -1.94. The third-order valence-corrected chi connectivity index (χ3v) is 7.24. The van der Waals surface area contributed by atoms with Crippen molar-refractivity contribution in [2.75, 3.05) is 0 Å². The van der Waals surface area contributed by atoms with Crippen molar-refractivity contribution in [1.29, 1.82) is 10.5 Å². The highest BCUT2D eigenvalue weighted by Gasteiger charge is 2.26. The van der Waals surface area contributed by atoms with Gasteiger partial charge in [0.1, 0.15) is 12.1 Å². The smallest absolute Gasteiger partial charge is 0.205 e. The summed E-state index contributed by atoms with van der Waals surface area (Å²) in [6.45, 7) is 22.0. The summed E-state index contributed by atoms with van der Waals surface area (Å²) < 4.78 is 12.8. The minimum atomic E-state index is -0.970. The van der Waals surface area contributed by atoms with E-state index < -0.39 is 18.1 Å². The van der Waals surface area contributed by atoms with E-state index in [1.54, 1.807) is 0 Å². The van der Waals surface area contributed by atoms with Crippen LogP contribution >= 0.6 is 0 Å². The summed E-state index contributed by atoms with van der Waals surface area (Å²) in [6, 6.07) is 8.79. The average molecular weight is 499 g/mol. The van der Waals surface area contributed by atoms with Gasteiger partial charge < -0.3 is 8.85 Å². The van der Waals surface area contributed by atoms with Crippen LogP contribution in [0.1, 0.15) is 115 Å². The number of hydrogen-bond acceptors (Lipinski definition) is 4. The molecule has 4 nitrogen and oxygen atoms in total. The highest BCUT2D eigenvalue weighted by Crippen LogP contribution is 2.36. The second-order valence-corrected chi connectivity index (χ2v) is 16.3. The molecule has 0 aliphatic rings. The van der Waals surface area contributed by atoms with E-state index >= 15 is 0 Å². The Labute approximate surface area is 213 Å². The van der Waals surface area contributed by atoms with Gasteiger partial charge in [0, 0.05) is 0 Å². The molecule has 0 saturated heterocycles. The van der Waals surface area contributed by atoms with Crippen LogP contribution in [0.15, 0.2) is 12.1 Å². The average Bonchev–Trinajstić information content (AvgIpc) is 2.68. The van der Waals surface area contributed by atoms with Gasteiger partial charge in [0.2, 0.25) is 18.1 Å². The van der Waals surface area contributed by atoms with E-state index in [0.29, 0.717) is 11.1 Å². The van der Waals surface area contributed by atoms with Crippen LogP contribution in [0.5, 0.6) is 0 Å². The van der Waals surface area contributed by atoms with Crippen LogP contribution in [0, 0.1) is 33.5 Å². The maximum absolute atomic E-state index is 10.2. The normalized spacial score (nSPS) is 14.2. The Balaban J connectivity index is 3.38. The lowest BCUT2D eigenvalue weighted by Crippen LogP contribution is -2.19. The number of nitriles is 2. The van der Waals surface area contributed by atoms with Crippen molar-refractivity contribution in [3.8, 4) is 12.1 Å². The fourth-order valence-corrected chi connectivity index (χ4v) is 5.80. The minimum Gasteiger partial charge on any atom is -0.410 e. The van der Waals surface area contributed by atoms with Gasteiger partial charge in [0.15, 0.2) is 0 Å². The standard InChI is InChI=1S/C28H46N2O2Si2/c1-27(2,3)17-11-13-25(31-33(7)8)21-15-16-22(24(20-30)23(21)19-29)26(32-34(9)10)14-12-18-28(4,5)6/h15-16,25-26H,11-14,17-18H2,1-10H3. The predicted molar refractivity (Wildman–Crippen MR) is 145 cm³/mol. The molecule has 2 atom stereocenters. The maximum Gasteiger partial charge on any atom is 0.205 e. The van der Waals surface area contributed by atoms with E-state index in [2.05, 4.69) is 79.9 Å². The first kappa shape index (κ1) is 30.6. The first-order chi connectivity index (χ1) is 15.7. The molecule has 0 spiro atoms. The van der Waals surface area contributed by atoms with E-state index in [1.165, 1.54) is 0 Å². The molecule has 1 rings (SSSR count). The summed E-state index contributed by atoms with van der Waals surface area (Å²) in [4.78, 5) is 0. The molecular weight excluding hydrogens is 452 g/mol. The van der Waals surface area contributed by atoms with Crippen molar-refractivity contribution >= 4 is 18.1 Å². The van der Waals surface area contributed by atoms with E-state index in [1.807, 2.05) is 12.1 Å². The predicted octanol–water partition coefficient (Wildman–Crippen LogP) is 8.48. The van der Waals surface area contributed by atoms with Crippen LogP contribution < -0.4 is 0 Å². The van der Waals surface area contributed by atoms with Crippen LogP contribution in [0.2, 0.25) is 26.2 Å². The van der Waals surface area contributed by atoms with Crippen molar-refractivity contribution in [2.45, 2.75) is 118 Å². The van der Waals surface area contributed by atoms with Gasteiger partial charge in [-0.25, -0.2) is 0 Å². The number of rotatable bonds is 12. The highest BCUT2D eigenvalue weighted by molar-refractivity contribution is 6.48. The Bertz CT molecular complexity index is 784. The molecule has 0 bridgehead atoms. The van der Waals surface area contributed by atoms with Crippen LogP contribution in [-0.4, -0.2) is 18.1 Å². The fourth-order valence-electron chi connectivity index (χ4n) is 4.17. The van der Waals surface area contributed by atoms with Crippen LogP contribution in [-0.2, 0) is 8.85 Å². The zero-order valence-electron chi connectivity index (χ0n) is 23.3. The third kappa shape index (κ3) is 10.9. The minimum absolute atomic E-state index is 0.153. The second kappa shape index (κ2) is 13.6. The number of hydrogen-bond donors (Lipinski definition) is 0. The van der Waals surface area contributed by atoms with Crippen molar-refractivity contribution in [3.05, 3.63) is 34.4 Å². The first-order valence-electron chi connectivity index (χ1n) is 12.6. The monoisotopic (exact) mass is 498 g/mol. The van der Waals surface area contributed by atoms with Gasteiger partial charge in [-0.2, -0.15) is 10.5 Å². The summed E-state index contributed by atoms with van der Waals surface area (Å²) in [6.07, 6.45) is 5.63. The molecule has 1 aromatic carbocycles. The molecule has 34 heavy (non-hydrogen) atoms. The zero-order valence-corrected chi connectivity index (χ0v) is 25.3. The molecule has 0 aromatic heterocycles. The van der Waals surface area contributed by atoms with Crippen molar-refractivity contribution in [3.63, 3.8) is 0 Å².